The number of nitrogens with zero attached hydrogens (tertiary/aromatic N) is 1. The minimum Gasteiger partial charge on any atom is -0.484 e. The Bertz CT molecular complexity index is 923. The highest BCUT2D eigenvalue weighted by Gasteiger charge is 2.04. The number of carbonyl (C=O) groups excluding carboxylic acids is 1. The van der Waals surface area contributed by atoms with Crippen molar-refractivity contribution in [1.29, 1.82) is 0 Å². The van der Waals surface area contributed by atoms with E-state index in [-0.39, 0.29) is 12.5 Å². The molecule has 0 aliphatic rings. The van der Waals surface area contributed by atoms with Crippen LogP contribution in [0.4, 0.5) is 0 Å². The van der Waals surface area contributed by atoms with E-state index in [2.05, 4.69) is 26.5 Å². The second kappa shape index (κ2) is 8.69. The van der Waals surface area contributed by atoms with Crippen molar-refractivity contribution in [3.63, 3.8) is 0 Å². The van der Waals surface area contributed by atoms with Gasteiger partial charge in [0.15, 0.2) is 6.61 Å². The van der Waals surface area contributed by atoms with Crippen molar-refractivity contribution in [3.8, 4) is 17.1 Å². The largest absolute Gasteiger partial charge is 0.484 e. The van der Waals surface area contributed by atoms with Crippen LogP contribution in [-0.2, 0) is 4.79 Å². The molecule has 2 aromatic carbocycles. The molecule has 0 saturated heterocycles. The van der Waals surface area contributed by atoms with Gasteiger partial charge in [0.25, 0.3) is 5.91 Å². The molecule has 1 heterocycles. The van der Waals surface area contributed by atoms with E-state index >= 15 is 0 Å². The molecule has 3 aromatic rings. The van der Waals surface area contributed by atoms with Gasteiger partial charge in [0.2, 0.25) is 0 Å². The van der Waals surface area contributed by atoms with Gasteiger partial charge in [-0.25, -0.2) is 5.43 Å². The monoisotopic (exact) mass is 432 g/mol. The fourth-order valence-corrected chi connectivity index (χ4v) is 2.54. The summed E-state index contributed by atoms with van der Waals surface area (Å²) in [6.07, 6.45) is 1.43. The number of carbonyl (C=O) groups is 1. The quantitative estimate of drug-likeness (QED) is 0.444. The lowest BCUT2D eigenvalue weighted by Crippen LogP contribution is -2.24. The molecule has 1 N–H and O–H groups in total. The van der Waals surface area contributed by atoms with Gasteiger partial charge < -0.3 is 9.15 Å². The van der Waals surface area contributed by atoms with Gasteiger partial charge in [-0.3, -0.25) is 4.79 Å². The SMILES string of the molecule is O=C(COc1cccc(Cl)c1)N/N=C/c1ccc(-c2ccc(Br)cc2)o1. The second-order valence-electron chi connectivity index (χ2n) is 5.25. The van der Waals surface area contributed by atoms with Crippen LogP contribution in [-0.4, -0.2) is 18.7 Å². The zero-order chi connectivity index (χ0) is 18.4. The van der Waals surface area contributed by atoms with Gasteiger partial charge in [-0.2, -0.15) is 5.10 Å². The number of amides is 1. The Kier molecular flexibility index (Phi) is 6.09. The number of hydrazone groups is 1. The molecule has 0 radical (unpaired) electrons. The summed E-state index contributed by atoms with van der Waals surface area (Å²) in [6.45, 7) is -0.167. The lowest BCUT2D eigenvalue weighted by atomic mass is 10.2. The van der Waals surface area contributed by atoms with E-state index in [9.17, 15) is 4.79 Å². The van der Waals surface area contributed by atoms with Gasteiger partial charge in [0.05, 0.1) is 6.21 Å². The third-order valence-corrected chi connectivity index (χ3v) is 4.07. The molecule has 0 bridgehead atoms. The van der Waals surface area contributed by atoms with Crippen LogP contribution in [0.15, 0.2) is 74.7 Å². The Hall–Kier alpha value is -2.57. The van der Waals surface area contributed by atoms with E-state index in [0.717, 1.165) is 15.8 Å². The molecule has 1 amide bonds. The third-order valence-electron chi connectivity index (χ3n) is 3.30. The molecule has 0 saturated carbocycles. The Morgan fingerprint density at radius 1 is 1.19 bits per heavy atom. The molecule has 0 spiro atoms. The molecule has 132 valence electrons. The number of rotatable bonds is 6. The maximum Gasteiger partial charge on any atom is 0.277 e. The number of hydrogen-bond acceptors (Lipinski definition) is 4. The number of benzene rings is 2. The lowest BCUT2D eigenvalue weighted by Gasteiger charge is -2.04. The van der Waals surface area contributed by atoms with E-state index in [4.69, 9.17) is 20.8 Å². The Labute approximate surface area is 163 Å². The second-order valence-corrected chi connectivity index (χ2v) is 6.60. The number of nitrogens with one attached hydrogen (secondary N) is 1. The van der Waals surface area contributed by atoms with Gasteiger partial charge >= 0.3 is 0 Å². The first-order valence-corrected chi connectivity index (χ1v) is 8.83. The van der Waals surface area contributed by atoms with Gasteiger partial charge in [0, 0.05) is 15.1 Å². The van der Waals surface area contributed by atoms with Crippen molar-refractivity contribution in [2.75, 3.05) is 6.61 Å². The maximum atomic E-state index is 11.7. The maximum absolute atomic E-state index is 11.7. The van der Waals surface area contributed by atoms with Crippen molar-refractivity contribution in [1.82, 2.24) is 5.43 Å². The molecular weight excluding hydrogens is 420 g/mol. The summed E-state index contributed by atoms with van der Waals surface area (Å²) in [6, 6.07) is 18.2. The molecule has 7 heteroatoms. The van der Waals surface area contributed by atoms with Crippen molar-refractivity contribution >= 4 is 39.7 Å². The van der Waals surface area contributed by atoms with E-state index in [1.165, 1.54) is 6.21 Å². The van der Waals surface area contributed by atoms with E-state index in [0.29, 0.717) is 16.5 Å². The Balaban J connectivity index is 1.50. The van der Waals surface area contributed by atoms with Crippen molar-refractivity contribution in [3.05, 3.63) is 75.9 Å². The summed E-state index contributed by atoms with van der Waals surface area (Å²) in [5, 5.41) is 4.40. The minimum absolute atomic E-state index is 0.167. The fourth-order valence-electron chi connectivity index (χ4n) is 2.10. The molecule has 26 heavy (non-hydrogen) atoms. The predicted molar refractivity (Wildman–Crippen MR) is 105 cm³/mol. The first kappa shape index (κ1) is 18.2. The Morgan fingerprint density at radius 2 is 2.00 bits per heavy atom. The van der Waals surface area contributed by atoms with Gasteiger partial charge in [0.1, 0.15) is 17.3 Å². The first-order valence-electron chi connectivity index (χ1n) is 7.66. The molecule has 0 aliphatic heterocycles. The standard InChI is InChI=1S/C19H14BrClN2O3/c20-14-6-4-13(5-7-14)18-9-8-17(26-18)11-22-23-19(24)12-25-16-3-1-2-15(21)10-16/h1-11H,12H2,(H,23,24)/b22-11+. The van der Waals surface area contributed by atoms with Gasteiger partial charge in [-0.05, 0) is 42.5 Å². The summed E-state index contributed by atoms with van der Waals surface area (Å²) < 4.78 is 12.0. The van der Waals surface area contributed by atoms with E-state index < -0.39 is 0 Å². The number of furan rings is 1. The highest BCUT2D eigenvalue weighted by atomic mass is 79.9. The lowest BCUT2D eigenvalue weighted by molar-refractivity contribution is -0.123. The summed E-state index contributed by atoms with van der Waals surface area (Å²) in [7, 11) is 0. The Morgan fingerprint density at radius 3 is 2.77 bits per heavy atom. The number of hydrogen-bond donors (Lipinski definition) is 1. The predicted octanol–water partition coefficient (Wildman–Crippen LogP) is 4.89. The average Bonchev–Trinajstić information content (AvgIpc) is 3.09. The molecule has 0 atom stereocenters. The normalized spacial score (nSPS) is 10.8. The zero-order valence-electron chi connectivity index (χ0n) is 13.5. The molecule has 1 aromatic heterocycles. The molecular formula is C19H14BrClN2O3. The van der Waals surface area contributed by atoms with Gasteiger partial charge in [-0.15, -0.1) is 0 Å². The topological polar surface area (TPSA) is 63.8 Å². The minimum atomic E-state index is -0.388. The highest BCUT2D eigenvalue weighted by molar-refractivity contribution is 9.10. The molecule has 0 fully saturated rings. The van der Waals surface area contributed by atoms with Crippen LogP contribution in [0.5, 0.6) is 5.75 Å². The summed E-state index contributed by atoms with van der Waals surface area (Å²) in [4.78, 5) is 11.7. The van der Waals surface area contributed by atoms with Crippen LogP contribution in [0.2, 0.25) is 5.02 Å². The summed E-state index contributed by atoms with van der Waals surface area (Å²) in [5.74, 6) is 1.37. The number of halogens is 2. The van der Waals surface area contributed by atoms with Crippen molar-refractivity contribution in [2.45, 2.75) is 0 Å². The summed E-state index contributed by atoms with van der Waals surface area (Å²) in [5.41, 5.74) is 3.33. The summed E-state index contributed by atoms with van der Waals surface area (Å²) >= 11 is 9.24. The van der Waals surface area contributed by atoms with Crippen molar-refractivity contribution in [2.24, 2.45) is 5.10 Å². The van der Waals surface area contributed by atoms with Crippen LogP contribution in [0.3, 0.4) is 0 Å². The van der Waals surface area contributed by atoms with Crippen LogP contribution >= 0.6 is 27.5 Å². The molecule has 0 aliphatic carbocycles. The van der Waals surface area contributed by atoms with Gasteiger partial charge in [-0.1, -0.05) is 45.7 Å². The molecule has 0 unspecified atom stereocenters. The van der Waals surface area contributed by atoms with Crippen LogP contribution < -0.4 is 10.2 Å². The number of ether oxygens (including phenoxy) is 1. The van der Waals surface area contributed by atoms with Crippen molar-refractivity contribution < 1.29 is 13.9 Å². The van der Waals surface area contributed by atoms with E-state index in [1.54, 1.807) is 30.3 Å². The smallest absolute Gasteiger partial charge is 0.277 e. The first-order chi connectivity index (χ1) is 12.6. The fraction of sp³-hybridized carbons (Fsp3) is 0.0526. The van der Waals surface area contributed by atoms with Crippen LogP contribution in [0, 0.1) is 0 Å². The van der Waals surface area contributed by atoms with Crippen LogP contribution in [0.25, 0.3) is 11.3 Å². The zero-order valence-corrected chi connectivity index (χ0v) is 15.8. The third kappa shape index (κ3) is 5.21. The molecule has 5 nitrogen and oxygen atoms in total. The average molecular weight is 434 g/mol. The molecule has 3 rings (SSSR count). The van der Waals surface area contributed by atoms with Crippen LogP contribution in [0.1, 0.15) is 5.76 Å². The van der Waals surface area contributed by atoms with E-state index in [1.807, 2.05) is 30.3 Å². The highest BCUT2D eigenvalue weighted by Crippen LogP contribution is 2.23.